The molecule has 40 heavy (non-hydrogen) atoms. The highest BCUT2D eigenvalue weighted by molar-refractivity contribution is 7.69. The minimum Gasteiger partial charge on any atom is -0.292 e. The van der Waals surface area contributed by atoms with Crippen LogP contribution in [-0.2, 0) is 22.3 Å². The smallest absolute Gasteiger partial charge is 0.292 e. The molecule has 0 aromatic heterocycles. The third-order valence-corrected chi connectivity index (χ3v) is 16.9. The third-order valence-electron chi connectivity index (χ3n) is 8.80. The predicted octanol–water partition coefficient (Wildman–Crippen LogP) is 12.8. The molecule has 5 nitrogen and oxygen atoms in total. The van der Waals surface area contributed by atoms with Crippen molar-refractivity contribution in [3.8, 4) is 0 Å². The van der Waals surface area contributed by atoms with Gasteiger partial charge in [0.2, 0.25) is 14.7 Å². The van der Waals surface area contributed by atoms with Gasteiger partial charge in [-0.1, -0.05) is 132 Å². The molecule has 0 bridgehead atoms. The third kappa shape index (κ3) is 18.3. The van der Waals surface area contributed by atoms with Crippen LogP contribution in [0.1, 0.15) is 158 Å². The van der Waals surface area contributed by atoms with Crippen LogP contribution < -0.4 is 0 Å². The van der Waals surface area contributed by atoms with Crippen molar-refractivity contribution in [2.75, 3.05) is 24.6 Å². The lowest BCUT2D eigenvalue weighted by Crippen LogP contribution is -2.15. The second kappa shape index (κ2) is 24.0. The first-order chi connectivity index (χ1) is 19.1. The Hall–Kier alpha value is 0.610. The Balaban J connectivity index is 6.01. The van der Waals surface area contributed by atoms with Gasteiger partial charge in [0, 0.05) is 24.6 Å². The fraction of sp³-hybridized carbons (Fsp3) is 1.00. The van der Waals surface area contributed by atoms with E-state index >= 15 is 0 Å². The Bertz CT molecular complexity index is 627. The Morgan fingerprint density at radius 1 is 0.475 bits per heavy atom. The van der Waals surface area contributed by atoms with Gasteiger partial charge in [-0.05, 0) is 49.4 Å². The Morgan fingerprint density at radius 3 is 0.875 bits per heavy atom. The highest BCUT2D eigenvalue weighted by Crippen LogP contribution is 2.65. The summed E-state index contributed by atoms with van der Waals surface area (Å²) < 4.78 is 54.6. The van der Waals surface area contributed by atoms with Crippen molar-refractivity contribution in [2.45, 2.75) is 158 Å². The maximum atomic E-state index is 14.4. The van der Waals surface area contributed by atoms with Gasteiger partial charge in [0.15, 0.2) is 0 Å². The minimum absolute atomic E-state index is 0.285. The van der Waals surface area contributed by atoms with Gasteiger partial charge in [-0.25, -0.2) is 0 Å². The highest BCUT2D eigenvalue weighted by Gasteiger charge is 2.36. The van der Waals surface area contributed by atoms with E-state index in [4.69, 9.17) is 8.62 Å². The number of unbranched alkanes of at least 4 members (excludes halogenated alkanes) is 4. The molecule has 242 valence electrons. The number of hydrogen-bond donors (Lipinski definition) is 0. The molecule has 0 amide bonds. The molecule has 0 radical (unpaired) electrons. The summed E-state index contributed by atoms with van der Waals surface area (Å²) in [5, 5.41) is 0. The Morgan fingerprint density at radius 2 is 0.700 bits per heavy atom. The molecule has 0 N–H and O–H groups in total. The van der Waals surface area contributed by atoms with E-state index in [-0.39, 0.29) is 23.7 Å². The lowest BCUT2D eigenvalue weighted by atomic mass is 10.0. The summed E-state index contributed by atoms with van der Waals surface area (Å²) in [5.74, 6) is 1.14. The molecule has 0 aliphatic rings. The summed E-state index contributed by atoms with van der Waals surface area (Å²) in [6.07, 6.45) is 18.4. The van der Waals surface area contributed by atoms with Crippen molar-refractivity contribution in [1.82, 2.24) is 0 Å². The van der Waals surface area contributed by atoms with E-state index in [0.29, 0.717) is 24.6 Å². The summed E-state index contributed by atoms with van der Waals surface area (Å²) in [5.41, 5.74) is 0. The highest BCUT2D eigenvalue weighted by atomic mass is 31.3. The molecule has 0 heterocycles. The fourth-order valence-corrected chi connectivity index (χ4v) is 14.8. The molecule has 0 fully saturated rings. The van der Waals surface area contributed by atoms with Crippen molar-refractivity contribution < 1.29 is 22.3 Å². The molecule has 8 heteroatoms. The molecule has 0 saturated carbocycles. The molecule has 0 aromatic carbocycles. The lowest BCUT2D eigenvalue weighted by Gasteiger charge is -2.29. The van der Waals surface area contributed by atoms with E-state index in [2.05, 4.69) is 55.4 Å². The predicted molar refractivity (Wildman–Crippen MR) is 179 cm³/mol. The fourth-order valence-electron chi connectivity index (χ4n) is 5.83. The molecule has 0 saturated heterocycles. The second-order valence-electron chi connectivity index (χ2n) is 12.5. The molecular weight excluding hydrogens is 557 g/mol. The summed E-state index contributed by atoms with van der Waals surface area (Å²) in [7, 11) is -9.61. The quantitative estimate of drug-likeness (QED) is 0.0808. The van der Waals surface area contributed by atoms with Crippen LogP contribution >= 0.6 is 23.0 Å². The van der Waals surface area contributed by atoms with Crippen molar-refractivity contribution in [2.24, 2.45) is 23.7 Å². The Kier molecular flexibility index (Phi) is 24.4. The van der Waals surface area contributed by atoms with Crippen molar-refractivity contribution in [1.29, 1.82) is 0 Å². The average Bonchev–Trinajstić information content (AvgIpc) is 2.93. The molecule has 4 atom stereocenters. The van der Waals surface area contributed by atoms with Crippen LogP contribution in [0.25, 0.3) is 0 Å². The van der Waals surface area contributed by atoms with Crippen LogP contribution in [0.4, 0.5) is 0 Å². The van der Waals surface area contributed by atoms with E-state index in [1.807, 2.05) is 0 Å². The zero-order valence-corrected chi connectivity index (χ0v) is 30.7. The van der Waals surface area contributed by atoms with Crippen LogP contribution in [0, 0.1) is 23.7 Å². The zero-order valence-electron chi connectivity index (χ0n) is 27.9. The van der Waals surface area contributed by atoms with Crippen molar-refractivity contribution in [3.05, 3.63) is 0 Å². The van der Waals surface area contributed by atoms with Crippen molar-refractivity contribution in [3.63, 3.8) is 0 Å². The summed E-state index contributed by atoms with van der Waals surface area (Å²) in [6.45, 7) is 17.3. The van der Waals surface area contributed by atoms with Crippen molar-refractivity contribution >= 4 is 23.0 Å². The standard InChI is InChI=1S/C32H69O5P3/c1-9-17-21-29(13-5)25-39(34,26-30(14-6)22-18-10-2)36-38(33)37-40(35,27-31(15-7)23-19-11-3)28-32(16-8)24-20-12-4/h29-32,38H,9-28H2,1-8H3. The maximum Gasteiger partial charge on any atom is 0.330 e. The van der Waals surface area contributed by atoms with E-state index in [9.17, 15) is 13.7 Å². The SMILES string of the molecule is CCCCC(CC)CP(=O)(CC(CC)CCCC)O[PH](=O)OP(=O)(CC(CC)CCCC)CC(CC)CCCC. The maximum absolute atomic E-state index is 14.4. The van der Waals surface area contributed by atoms with Gasteiger partial charge in [0.05, 0.1) is 0 Å². The van der Waals surface area contributed by atoms with E-state index in [1.165, 1.54) is 0 Å². The molecule has 4 unspecified atom stereocenters. The van der Waals surface area contributed by atoms with Crippen LogP contribution in [0.15, 0.2) is 0 Å². The van der Waals surface area contributed by atoms with E-state index < -0.39 is 23.0 Å². The van der Waals surface area contributed by atoms with Gasteiger partial charge in [-0.2, -0.15) is 0 Å². The van der Waals surface area contributed by atoms with Gasteiger partial charge in [-0.15, -0.1) is 0 Å². The minimum atomic E-state index is -3.22. The summed E-state index contributed by atoms with van der Waals surface area (Å²) in [6, 6.07) is 0. The van der Waals surface area contributed by atoms with Crippen LogP contribution in [0.5, 0.6) is 0 Å². The van der Waals surface area contributed by atoms with Crippen LogP contribution in [0.2, 0.25) is 0 Å². The molecule has 0 rings (SSSR count). The zero-order chi connectivity index (χ0) is 30.4. The lowest BCUT2D eigenvalue weighted by molar-refractivity contribution is 0.372. The Labute approximate surface area is 251 Å². The van der Waals surface area contributed by atoms with Gasteiger partial charge in [0.1, 0.15) is 0 Å². The molecule has 0 aromatic rings. The number of hydrogen-bond acceptors (Lipinski definition) is 5. The average molecular weight is 627 g/mol. The summed E-state index contributed by atoms with van der Waals surface area (Å²) >= 11 is 0. The largest absolute Gasteiger partial charge is 0.330 e. The first kappa shape index (κ1) is 40.6. The molecule has 0 aliphatic heterocycles. The topological polar surface area (TPSA) is 69.7 Å². The number of rotatable bonds is 28. The van der Waals surface area contributed by atoms with Gasteiger partial charge in [0.25, 0.3) is 0 Å². The van der Waals surface area contributed by atoms with Gasteiger partial charge in [-0.3, -0.25) is 22.3 Å². The van der Waals surface area contributed by atoms with Crippen LogP contribution in [0.3, 0.4) is 0 Å². The first-order valence-electron chi connectivity index (χ1n) is 17.2. The van der Waals surface area contributed by atoms with Crippen LogP contribution in [-0.4, -0.2) is 24.6 Å². The molecule has 0 aliphatic carbocycles. The second-order valence-corrected chi connectivity index (χ2v) is 19.1. The van der Waals surface area contributed by atoms with Gasteiger partial charge < -0.3 is 0 Å². The molecule has 0 spiro atoms. The summed E-state index contributed by atoms with van der Waals surface area (Å²) in [4.78, 5) is 0. The van der Waals surface area contributed by atoms with E-state index in [0.717, 1.165) is 103 Å². The van der Waals surface area contributed by atoms with E-state index in [1.54, 1.807) is 0 Å². The first-order valence-corrected chi connectivity index (χ1v) is 22.4. The normalized spacial score (nSPS) is 18.9. The molecular formula is C32H69O5P3. The monoisotopic (exact) mass is 626 g/mol. The van der Waals surface area contributed by atoms with Gasteiger partial charge >= 0.3 is 8.25 Å².